The molecule has 166 valence electrons. The Morgan fingerprint density at radius 1 is 1.16 bits per heavy atom. The molecule has 2 heterocycles. The Balaban J connectivity index is 1.44. The number of nitrogens with zero attached hydrogens (tertiary/aromatic N) is 2. The van der Waals surface area contributed by atoms with Crippen molar-refractivity contribution in [1.82, 2.24) is 9.71 Å². The van der Waals surface area contributed by atoms with Crippen LogP contribution in [0.2, 0.25) is 0 Å². The van der Waals surface area contributed by atoms with Gasteiger partial charge >= 0.3 is 6.61 Å². The first-order valence-corrected chi connectivity index (χ1v) is 11.4. The molecule has 1 aromatic carbocycles. The van der Waals surface area contributed by atoms with Gasteiger partial charge in [0.2, 0.25) is 10.0 Å². The van der Waals surface area contributed by atoms with Crippen molar-refractivity contribution in [3.63, 3.8) is 0 Å². The minimum Gasteiger partial charge on any atom is -0.435 e. The highest BCUT2D eigenvalue weighted by molar-refractivity contribution is 7.93. The smallest absolute Gasteiger partial charge is 0.387 e. The minimum atomic E-state index is -3.69. The summed E-state index contributed by atoms with van der Waals surface area (Å²) in [7, 11) is -3.69. The summed E-state index contributed by atoms with van der Waals surface area (Å²) in [6.45, 7) is 0.0349. The highest BCUT2D eigenvalue weighted by Gasteiger charge is 2.22. The van der Waals surface area contributed by atoms with Crippen LogP contribution in [0.4, 0.5) is 14.6 Å². The van der Waals surface area contributed by atoms with E-state index in [1.165, 1.54) is 12.1 Å². The Morgan fingerprint density at radius 3 is 2.74 bits per heavy atom. The van der Waals surface area contributed by atoms with Crippen molar-refractivity contribution >= 4 is 21.9 Å². The molecular formula is C21H23F2N3O4S. The molecule has 1 N–H and O–H groups in total. The first-order chi connectivity index (χ1) is 14.9. The zero-order valence-corrected chi connectivity index (χ0v) is 17.6. The van der Waals surface area contributed by atoms with Gasteiger partial charge in [0.1, 0.15) is 11.6 Å². The van der Waals surface area contributed by atoms with Crippen LogP contribution in [-0.4, -0.2) is 46.3 Å². The van der Waals surface area contributed by atoms with Crippen LogP contribution >= 0.6 is 0 Å². The summed E-state index contributed by atoms with van der Waals surface area (Å²) < 4.78 is 62.8. The lowest BCUT2D eigenvalue weighted by atomic mass is 9.97. The lowest BCUT2D eigenvalue weighted by molar-refractivity contribution is -0.0498. The molecule has 0 atom stereocenters. The van der Waals surface area contributed by atoms with Crippen LogP contribution in [0.15, 0.2) is 41.4 Å². The molecule has 1 aliphatic carbocycles. The number of rotatable bonds is 7. The van der Waals surface area contributed by atoms with E-state index in [1.807, 2.05) is 6.07 Å². The van der Waals surface area contributed by atoms with Crippen LogP contribution in [0.25, 0.3) is 6.08 Å². The number of hydrogen-bond acceptors (Lipinski definition) is 6. The van der Waals surface area contributed by atoms with E-state index < -0.39 is 16.6 Å². The van der Waals surface area contributed by atoms with Gasteiger partial charge in [-0.3, -0.25) is 0 Å². The number of aromatic nitrogens is 1. The first-order valence-electron chi connectivity index (χ1n) is 9.96. The molecule has 0 spiro atoms. The molecule has 4 rings (SSSR count). The maximum atomic E-state index is 12.8. The Labute approximate surface area is 179 Å². The van der Waals surface area contributed by atoms with Gasteiger partial charge in [0.05, 0.1) is 18.1 Å². The molecule has 10 heteroatoms. The van der Waals surface area contributed by atoms with Gasteiger partial charge in [-0.05, 0) is 59.9 Å². The van der Waals surface area contributed by atoms with E-state index in [0.717, 1.165) is 30.0 Å². The summed E-state index contributed by atoms with van der Waals surface area (Å²) in [5, 5.41) is 0. The second-order valence-electron chi connectivity index (χ2n) is 7.30. The van der Waals surface area contributed by atoms with Gasteiger partial charge in [0, 0.05) is 25.8 Å². The van der Waals surface area contributed by atoms with Crippen LogP contribution in [0.5, 0.6) is 5.75 Å². The summed E-state index contributed by atoms with van der Waals surface area (Å²) in [5.41, 5.74) is 2.28. The Hall–Kier alpha value is -2.56. The fraction of sp³-hybridized carbons (Fsp3) is 0.381. The molecule has 0 amide bonds. The second kappa shape index (κ2) is 9.29. The minimum absolute atomic E-state index is 0.0698. The first kappa shape index (κ1) is 21.7. The summed E-state index contributed by atoms with van der Waals surface area (Å²) in [6, 6.07) is 8.19. The third-order valence-corrected chi connectivity index (χ3v) is 6.79. The molecule has 0 radical (unpaired) electrons. The van der Waals surface area contributed by atoms with Gasteiger partial charge in [-0.15, -0.1) is 0 Å². The molecule has 7 nitrogen and oxygen atoms in total. The van der Waals surface area contributed by atoms with Crippen molar-refractivity contribution in [3.8, 4) is 5.75 Å². The Kier molecular flexibility index (Phi) is 6.49. The summed E-state index contributed by atoms with van der Waals surface area (Å²) >= 11 is 0. The number of allylic oxidation sites excluding steroid dienone is 1. The van der Waals surface area contributed by atoms with E-state index in [1.54, 1.807) is 24.4 Å². The number of pyridine rings is 1. The predicted molar refractivity (Wildman–Crippen MR) is 112 cm³/mol. The van der Waals surface area contributed by atoms with Gasteiger partial charge in [-0.25, -0.2) is 18.1 Å². The molecule has 2 aromatic rings. The van der Waals surface area contributed by atoms with E-state index in [0.29, 0.717) is 25.2 Å². The maximum absolute atomic E-state index is 12.8. The summed E-state index contributed by atoms with van der Waals surface area (Å²) in [6.07, 6.45) is 3.97. The fourth-order valence-electron chi connectivity index (χ4n) is 3.64. The number of anilines is 1. The molecule has 1 saturated heterocycles. The predicted octanol–water partition coefficient (Wildman–Crippen LogP) is 2.93. The number of morpholine rings is 1. The number of alkyl halides is 2. The lowest BCUT2D eigenvalue weighted by Gasteiger charge is -2.28. The van der Waals surface area contributed by atoms with Crippen molar-refractivity contribution in [3.05, 3.63) is 58.1 Å². The number of ether oxygens (including phenoxy) is 2. The molecule has 0 unspecified atom stereocenters. The Morgan fingerprint density at radius 2 is 1.97 bits per heavy atom. The number of hydrogen-bond donors (Lipinski definition) is 1. The SMILES string of the molecule is O=S(=O)(NCc1ccnc(N2CCOCC2)c1)C1=Cc2ccc(OC(F)F)cc2CC1. The highest BCUT2D eigenvalue weighted by atomic mass is 32.2. The van der Waals surface area contributed by atoms with Gasteiger partial charge in [-0.2, -0.15) is 8.78 Å². The van der Waals surface area contributed by atoms with Crippen LogP contribution in [0, 0.1) is 0 Å². The van der Waals surface area contributed by atoms with Gasteiger partial charge in [-0.1, -0.05) is 6.07 Å². The number of sulfonamides is 1. The number of aryl methyl sites for hydroxylation is 1. The van der Waals surface area contributed by atoms with E-state index in [9.17, 15) is 17.2 Å². The van der Waals surface area contributed by atoms with Crippen molar-refractivity contribution in [2.45, 2.75) is 26.0 Å². The molecule has 1 fully saturated rings. The molecule has 2 aliphatic rings. The van der Waals surface area contributed by atoms with Crippen molar-refractivity contribution in [2.75, 3.05) is 31.2 Å². The third-order valence-electron chi connectivity index (χ3n) is 5.25. The van der Waals surface area contributed by atoms with E-state index in [4.69, 9.17) is 4.74 Å². The van der Waals surface area contributed by atoms with E-state index in [2.05, 4.69) is 19.3 Å². The summed E-state index contributed by atoms with van der Waals surface area (Å²) in [5.74, 6) is 0.868. The number of fused-ring (bicyclic) bond motifs is 1. The fourth-order valence-corrected chi connectivity index (χ4v) is 4.83. The molecule has 1 aliphatic heterocycles. The molecular weight excluding hydrogens is 428 g/mol. The standard InChI is InChI=1S/C21H23F2N3O4S/c22-21(23)30-18-3-1-17-13-19(4-2-16(17)12-18)31(27,28)25-14-15-5-6-24-20(11-15)26-7-9-29-10-8-26/h1,3,5-6,11-13,21,25H,2,4,7-10,14H2. The zero-order valence-electron chi connectivity index (χ0n) is 16.8. The Bertz CT molecular complexity index is 1070. The van der Waals surface area contributed by atoms with Gasteiger partial charge in [0.15, 0.2) is 0 Å². The monoisotopic (exact) mass is 451 g/mol. The van der Waals surface area contributed by atoms with Crippen LogP contribution in [-0.2, 0) is 27.7 Å². The summed E-state index contributed by atoms with van der Waals surface area (Å²) in [4.78, 5) is 6.75. The van der Waals surface area contributed by atoms with Gasteiger partial charge < -0.3 is 14.4 Å². The normalized spacial score (nSPS) is 16.7. The maximum Gasteiger partial charge on any atom is 0.387 e. The number of nitrogens with one attached hydrogen (secondary N) is 1. The lowest BCUT2D eigenvalue weighted by Crippen LogP contribution is -2.36. The quantitative estimate of drug-likeness (QED) is 0.697. The largest absolute Gasteiger partial charge is 0.435 e. The highest BCUT2D eigenvalue weighted by Crippen LogP contribution is 2.30. The average Bonchev–Trinajstić information content (AvgIpc) is 2.78. The van der Waals surface area contributed by atoms with Gasteiger partial charge in [0.25, 0.3) is 0 Å². The van der Waals surface area contributed by atoms with Crippen molar-refractivity contribution in [2.24, 2.45) is 0 Å². The van der Waals surface area contributed by atoms with E-state index >= 15 is 0 Å². The van der Waals surface area contributed by atoms with Crippen molar-refractivity contribution < 1.29 is 26.7 Å². The molecule has 0 bridgehead atoms. The van der Waals surface area contributed by atoms with Crippen LogP contribution in [0.1, 0.15) is 23.1 Å². The number of halogens is 2. The van der Waals surface area contributed by atoms with E-state index in [-0.39, 0.29) is 23.6 Å². The molecule has 31 heavy (non-hydrogen) atoms. The third kappa shape index (κ3) is 5.38. The molecule has 0 saturated carbocycles. The molecule has 1 aromatic heterocycles. The van der Waals surface area contributed by atoms with Crippen LogP contribution in [0.3, 0.4) is 0 Å². The second-order valence-corrected chi connectivity index (χ2v) is 9.12. The topological polar surface area (TPSA) is 80.8 Å². The zero-order chi connectivity index (χ0) is 21.8. The van der Waals surface area contributed by atoms with Crippen LogP contribution < -0.4 is 14.4 Å². The number of benzene rings is 1. The van der Waals surface area contributed by atoms with Crippen molar-refractivity contribution in [1.29, 1.82) is 0 Å². The average molecular weight is 451 g/mol.